The highest BCUT2D eigenvalue weighted by Crippen LogP contribution is 2.28. The number of nitrogens with zero attached hydrogens (tertiary/aromatic N) is 1. The van der Waals surface area contributed by atoms with Crippen LogP contribution in [0.2, 0.25) is 0 Å². The molecule has 19 heavy (non-hydrogen) atoms. The number of esters is 1. The molecule has 0 radical (unpaired) electrons. The SMILES string of the molecule is CCOC(=O)c1cc(CBr)c(OC(F)(F)F)nc1I. The standard InChI is InChI=1S/C10H8BrF3INO3/c1-2-18-9(17)6-3-5(4-11)8(16-7(6)15)19-10(12,13)14/h3H,2,4H2,1H3. The van der Waals surface area contributed by atoms with Crippen molar-refractivity contribution in [3.05, 3.63) is 20.9 Å². The molecule has 0 aliphatic rings. The Morgan fingerprint density at radius 3 is 2.63 bits per heavy atom. The number of pyridine rings is 1. The number of ether oxygens (including phenoxy) is 2. The van der Waals surface area contributed by atoms with Crippen molar-refractivity contribution in [2.75, 3.05) is 6.61 Å². The molecule has 0 spiro atoms. The maximum Gasteiger partial charge on any atom is 0.574 e. The van der Waals surface area contributed by atoms with Crippen molar-refractivity contribution in [2.45, 2.75) is 18.6 Å². The van der Waals surface area contributed by atoms with Crippen molar-refractivity contribution in [1.82, 2.24) is 4.98 Å². The lowest BCUT2D eigenvalue weighted by Crippen LogP contribution is -2.20. The quantitative estimate of drug-likeness (QED) is 0.302. The van der Waals surface area contributed by atoms with Crippen LogP contribution in [-0.2, 0) is 10.1 Å². The zero-order valence-corrected chi connectivity index (χ0v) is 13.3. The van der Waals surface area contributed by atoms with E-state index in [0.29, 0.717) is 0 Å². The van der Waals surface area contributed by atoms with E-state index in [-0.39, 0.29) is 26.8 Å². The minimum Gasteiger partial charge on any atom is -0.462 e. The summed E-state index contributed by atoms with van der Waals surface area (Å²) in [7, 11) is 0. The van der Waals surface area contributed by atoms with Crippen LogP contribution in [0.5, 0.6) is 5.88 Å². The van der Waals surface area contributed by atoms with Gasteiger partial charge in [0.25, 0.3) is 0 Å². The fourth-order valence-electron chi connectivity index (χ4n) is 1.16. The Kier molecular flexibility index (Phi) is 5.83. The molecule has 0 saturated heterocycles. The highest BCUT2D eigenvalue weighted by Gasteiger charge is 2.33. The second kappa shape index (κ2) is 6.73. The van der Waals surface area contributed by atoms with E-state index in [1.54, 1.807) is 29.5 Å². The second-order valence-electron chi connectivity index (χ2n) is 3.19. The summed E-state index contributed by atoms with van der Waals surface area (Å²) in [5.74, 6) is -1.22. The molecular weight excluding hydrogens is 446 g/mol. The highest BCUT2D eigenvalue weighted by atomic mass is 127. The van der Waals surface area contributed by atoms with Gasteiger partial charge in [0.2, 0.25) is 5.88 Å². The number of carbonyl (C=O) groups excluding carboxylic acids is 1. The summed E-state index contributed by atoms with van der Waals surface area (Å²) in [6, 6.07) is 1.27. The van der Waals surface area contributed by atoms with E-state index in [0.717, 1.165) is 0 Å². The van der Waals surface area contributed by atoms with Gasteiger partial charge in [-0.25, -0.2) is 9.78 Å². The zero-order chi connectivity index (χ0) is 14.6. The minimum atomic E-state index is -4.83. The Labute approximate surface area is 128 Å². The summed E-state index contributed by atoms with van der Waals surface area (Å²) in [5.41, 5.74) is 0.215. The molecule has 0 fully saturated rings. The summed E-state index contributed by atoms with van der Waals surface area (Å²) in [6.45, 7) is 1.80. The first-order valence-corrected chi connectivity index (χ1v) is 7.16. The van der Waals surface area contributed by atoms with Crippen molar-refractivity contribution in [1.29, 1.82) is 0 Å². The molecule has 1 heterocycles. The second-order valence-corrected chi connectivity index (χ2v) is 4.78. The fourth-order valence-corrected chi connectivity index (χ4v) is 2.16. The van der Waals surface area contributed by atoms with E-state index in [2.05, 4.69) is 25.7 Å². The van der Waals surface area contributed by atoms with Crippen LogP contribution in [0.1, 0.15) is 22.8 Å². The van der Waals surface area contributed by atoms with Gasteiger partial charge in [0, 0.05) is 10.9 Å². The molecule has 0 unspecified atom stereocenters. The number of hydrogen-bond acceptors (Lipinski definition) is 4. The lowest BCUT2D eigenvalue weighted by Gasteiger charge is -2.13. The molecule has 0 aliphatic heterocycles. The van der Waals surface area contributed by atoms with Gasteiger partial charge in [0.15, 0.2) is 0 Å². The normalized spacial score (nSPS) is 11.3. The molecule has 9 heteroatoms. The number of carbonyl (C=O) groups is 1. The fraction of sp³-hybridized carbons (Fsp3) is 0.400. The molecule has 1 aromatic heterocycles. The monoisotopic (exact) mass is 453 g/mol. The number of aromatic nitrogens is 1. The molecule has 0 N–H and O–H groups in total. The molecule has 0 saturated carbocycles. The molecule has 4 nitrogen and oxygen atoms in total. The van der Waals surface area contributed by atoms with Gasteiger partial charge in [-0.2, -0.15) is 0 Å². The third-order valence-electron chi connectivity index (χ3n) is 1.87. The molecule has 1 rings (SSSR count). The summed E-state index contributed by atoms with van der Waals surface area (Å²) >= 11 is 4.67. The maximum absolute atomic E-state index is 12.2. The lowest BCUT2D eigenvalue weighted by molar-refractivity contribution is -0.276. The van der Waals surface area contributed by atoms with Crippen molar-refractivity contribution in [2.24, 2.45) is 0 Å². The van der Waals surface area contributed by atoms with Crippen molar-refractivity contribution in [3.63, 3.8) is 0 Å². The van der Waals surface area contributed by atoms with Gasteiger partial charge in [-0.1, -0.05) is 15.9 Å². The summed E-state index contributed by atoms with van der Waals surface area (Å²) in [5, 5.41) is 0.0642. The van der Waals surface area contributed by atoms with Gasteiger partial charge < -0.3 is 9.47 Å². The number of alkyl halides is 4. The smallest absolute Gasteiger partial charge is 0.462 e. The predicted octanol–water partition coefficient (Wildman–Crippen LogP) is 3.66. The Morgan fingerprint density at radius 1 is 1.53 bits per heavy atom. The van der Waals surface area contributed by atoms with Gasteiger partial charge >= 0.3 is 12.3 Å². The molecule has 106 valence electrons. The van der Waals surface area contributed by atoms with Gasteiger partial charge in [-0.3, -0.25) is 0 Å². The van der Waals surface area contributed by atoms with Gasteiger partial charge in [0.05, 0.1) is 12.2 Å². The van der Waals surface area contributed by atoms with Crippen LogP contribution < -0.4 is 4.74 Å². The van der Waals surface area contributed by atoms with E-state index in [4.69, 9.17) is 4.74 Å². The van der Waals surface area contributed by atoms with Crippen LogP contribution in [0, 0.1) is 3.70 Å². The third-order valence-corrected chi connectivity index (χ3v) is 3.29. The molecule has 1 aromatic rings. The first-order chi connectivity index (χ1) is 8.78. The Balaban J connectivity index is 3.17. The number of rotatable bonds is 4. The Bertz CT molecular complexity index is 482. The molecule has 0 aromatic carbocycles. The zero-order valence-electron chi connectivity index (χ0n) is 9.55. The summed E-state index contributed by atoms with van der Waals surface area (Å²) < 4.78 is 45.3. The Morgan fingerprint density at radius 2 is 2.16 bits per heavy atom. The molecular formula is C10H8BrF3INO3. The first-order valence-electron chi connectivity index (χ1n) is 4.96. The van der Waals surface area contributed by atoms with Gasteiger partial charge in [0.1, 0.15) is 3.70 Å². The van der Waals surface area contributed by atoms with E-state index in [1.165, 1.54) is 6.07 Å². The van der Waals surface area contributed by atoms with Crippen LogP contribution in [-0.4, -0.2) is 23.9 Å². The predicted molar refractivity (Wildman–Crippen MR) is 72.2 cm³/mol. The van der Waals surface area contributed by atoms with E-state index in [1.807, 2.05) is 0 Å². The Hall–Kier alpha value is -0.580. The number of halogens is 5. The molecule has 0 atom stereocenters. The highest BCUT2D eigenvalue weighted by molar-refractivity contribution is 14.1. The largest absolute Gasteiger partial charge is 0.574 e. The van der Waals surface area contributed by atoms with E-state index >= 15 is 0 Å². The minimum absolute atomic E-state index is 0.0642. The molecule has 0 bridgehead atoms. The summed E-state index contributed by atoms with van der Waals surface area (Å²) in [6.07, 6.45) is -4.83. The van der Waals surface area contributed by atoms with Gasteiger partial charge in [-0.15, -0.1) is 13.2 Å². The van der Waals surface area contributed by atoms with Crippen molar-refractivity contribution >= 4 is 44.5 Å². The first kappa shape index (κ1) is 16.5. The average molecular weight is 454 g/mol. The lowest BCUT2D eigenvalue weighted by atomic mass is 10.2. The van der Waals surface area contributed by atoms with Crippen LogP contribution in [0.3, 0.4) is 0 Å². The molecule has 0 amide bonds. The van der Waals surface area contributed by atoms with Crippen LogP contribution in [0.15, 0.2) is 6.07 Å². The molecule has 0 aliphatic carbocycles. The van der Waals surface area contributed by atoms with Crippen molar-refractivity contribution < 1.29 is 27.4 Å². The third kappa shape index (κ3) is 4.79. The average Bonchev–Trinajstić information content (AvgIpc) is 2.27. The van der Waals surface area contributed by atoms with Crippen LogP contribution in [0.25, 0.3) is 0 Å². The maximum atomic E-state index is 12.2. The van der Waals surface area contributed by atoms with Crippen LogP contribution in [0.4, 0.5) is 13.2 Å². The van der Waals surface area contributed by atoms with Crippen LogP contribution >= 0.6 is 38.5 Å². The van der Waals surface area contributed by atoms with E-state index < -0.39 is 18.2 Å². The van der Waals surface area contributed by atoms with Gasteiger partial charge in [-0.05, 0) is 35.6 Å². The van der Waals surface area contributed by atoms with Crippen molar-refractivity contribution in [3.8, 4) is 5.88 Å². The number of hydrogen-bond donors (Lipinski definition) is 0. The van der Waals surface area contributed by atoms with E-state index in [9.17, 15) is 18.0 Å². The summed E-state index contributed by atoms with van der Waals surface area (Å²) in [4.78, 5) is 15.2. The topological polar surface area (TPSA) is 48.4 Å².